The van der Waals surface area contributed by atoms with Crippen LogP contribution >= 0.6 is 0 Å². The Morgan fingerprint density at radius 2 is 1.54 bits per heavy atom. The summed E-state index contributed by atoms with van der Waals surface area (Å²) in [4.78, 5) is 12.3. The first-order chi connectivity index (χ1) is 13.3. The van der Waals surface area contributed by atoms with Crippen LogP contribution in [0.5, 0.6) is 0 Å². The highest BCUT2D eigenvalue weighted by Gasteiger charge is 2.22. The number of sulfonamides is 1. The van der Waals surface area contributed by atoms with E-state index in [1.165, 1.54) is 31.3 Å². The third-order valence-electron chi connectivity index (χ3n) is 3.99. The van der Waals surface area contributed by atoms with Gasteiger partial charge in [0.15, 0.2) is 0 Å². The highest BCUT2D eigenvalue weighted by Crippen LogP contribution is 2.23. The van der Waals surface area contributed by atoms with E-state index in [1.54, 1.807) is 30.3 Å². The number of para-hydroxylation sites is 1. The van der Waals surface area contributed by atoms with E-state index in [4.69, 9.17) is 0 Å². The zero-order valence-electron chi connectivity index (χ0n) is 14.8. The van der Waals surface area contributed by atoms with Crippen LogP contribution in [0.3, 0.4) is 0 Å². The van der Waals surface area contributed by atoms with E-state index >= 15 is 0 Å². The summed E-state index contributed by atoms with van der Waals surface area (Å²) in [6, 6.07) is 16.5. The van der Waals surface area contributed by atoms with Gasteiger partial charge in [0.05, 0.1) is 10.6 Å². The Balaban J connectivity index is 1.88. The molecule has 0 fully saturated rings. The minimum absolute atomic E-state index is 0.0345. The SMILES string of the molecule is CN(c1ccccc1)S(=O)(=O)c1cccc(C(=O)Nc2cc(F)cc(F)c2)c1. The van der Waals surface area contributed by atoms with Gasteiger partial charge in [-0.2, -0.15) is 0 Å². The third kappa shape index (κ3) is 4.17. The molecular formula is C20H16F2N2O3S. The molecule has 0 aliphatic carbocycles. The van der Waals surface area contributed by atoms with E-state index in [1.807, 2.05) is 0 Å². The molecule has 3 aromatic rings. The Bertz CT molecular complexity index is 1100. The van der Waals surface area contributed by atoms with Crippen LogP contribution in [0.2, 0.25) is 0 Å². The number of benzene rings is 3. The molecule has 0 saturated heterocycles. The first-order valence-corrected chi connectivity index (χ1v) is 9.63. The summed E-state index contributed by atoms with van der Waals surface area (Å²) in [6.07, 6.45) is 0. The number of nitrogens with one attached hydrogen (secondary N) is 1. The Morgan fingerprint density at radius 1 is 0.893 bits per heavy atom. The first kappa shape index (κ1) is 19.5. The fourth-order valence-electron chi connectivity index (χ4n) is 2.56. The highest BCUT2D eigenvalue weighted by atomic mass is 32.2. The lowest BCUT2D eigenvalue weighted by Crippen LogP contribution is -2.26. The van der Waals surface area contributed by atoms with Crippen LogP contribution in [0.1, 0.15) is 10.4 Å². The van der Waals surface area contributed by atoms with Crippen LogP contribution < -0.4 is 9.62 Å². The van der Waals surface area contributed by atoms with Crippen LogP contribution in [0.25, 0.3) is 0 Å². The molecule has 144 valence electrons. The van der Waals surface area contributed by atoms with Gasteiger partial charge in [0, 0.05) is 24.4 Å². The Hall–Kier alpha value is -3.26. The minimum Gasteiger partial charge on any atom is -0.322 e. The quantitative estimate of drug-likeness (QED) is 0.700. The molecule has 0 atom stereocenters. The van der Waals surface area contributed by atoms with Crippen LogP contribution in [0.15, 0.2) is 77.7 Å². The van der Waals surface area contributed by atoms with Crippen LogP contribution in [0, 0.1) is 11.6 Å². The molecule has 0 unspecified atom stereocenters. The molecule has 3 rings (SSSR count). The van der Waals surface area contributed by atoms with Gasteiger partial charge in [-0.25, -0.2) is 17.2 Å². The molecule has 0 aromatic heterocycles. The summed E-state index contributed by atoms with van der Waals surface area (Å²) in [7, 11) is -2.49. The van der Waals surface area contributed by atoms with Crippen molar-refractivity contribution in [3.63, 3.8) is 0 Å². The number of anilines is 2. The summed E-state index contributed by atoms with van der Waals surface area (Å²) < 4.78 is 53.4. The van der Waals surface area contributed by atoms with E-state index in [0.717, 1.165) is 16.4 Å². The Morgan fingerprint density at radius 3 is 2.18 bits per heavy atom. The monoisotopic (exact) mass is 402 g/mol. The largest absolute Gasteiger partial charge is 0.322 e. The molecule has 0 saturated carbocycles. The zero-order valence-corrected chi connectivity index (χ0v) is 15.6. The number of rotatable bonds is 5. The molecule has 0 radical (unpaired) electrons. The lowest BCUT2D eigenvalue weighted by molar-refractivity contribution is 0.102. The summed E-state index contributed by atoms with van der Waals surface area (Å²) in [5.41, 5.74) is 0.428. The van der Waals surface area contributed by atoms with Crippen molar-refractivity contribution in [2.75, 3.05) is 16.7 Å². The first-order valence-electron chi connectivity index (χ1n) is 8.19. The van der Waals surface area contributed by atoms with Gasteiger partial charge < -0.3 is 5.32 Å². The van der Waals surface area contributed by atoms with Crippen LogP contribution in [0.4, 0.5) is 20.2 Å². The van der Waals surface area contributed by atoms with Crippen molar-refractivity contribution in [1.82, 2.24) is 0 Å². The molecule has 5 nitrogen and oxygen atoms in total. The average molecular weight is 402 g/mol. The lowest BCUT2D eigenvalue weighted by Gasteiger charge is -2.19. The van der Waals surface area contributed by atoms with Gasteiger partial charge in [0.1, 0.15) is 11.6 Å². The maximum atomic E-state index is 13.3. The maximum absolute atomic E-state index is 13.3. The maximum Gasteiger partial charge on any atom is 0.264 e. The van der Waals surface area contributed by atoms with Crippen molar-refractivity contribution in [3.05, 3.63) is 90.0 Å². The van der Waals surface area contributed by atoms with E-state index < -0.39 is 27.6 Å². The van der Waals surface area contributed by atoms with Gasteiger partial charge in [0.2, 0.25) is 0 Å². The summed E-state index contributed by atoms with van der Waals surface area (Å²) in [6.45, 7) is 0. The van der Waals surface area contributed by atoms with Crippen molar-refractivity contribution in [3.8, 4) is 0 Å². The van der Waals surface area contributed by atoms with Gasteiger partial charge in [-0.05, 0) is 42.5 Å². The molecular weight excluding hydrogens is 386 g/mol. The summed E-state index contributed by atoms with van der Waals surface area (Å²) in [5.74, 6) is -2.36. The number of halogens is 2. The van der Waals surface area contributed by atoms with Crippen molar-refractivity contribution < 1.29 is 22.0 Å². The molecule has 0 aliphatic heterocycles. The Kier molecular flexibility index (Phi) is 5.41. The molecule has 1 amide bonds. The molecule has 1 N–H and O–H groups in total. The van der Waals surface area contributed by atoms with Gasteiger partial charge >= 0.3 is 0 Å². The van der Waals surface area contributed by atoms with Crippen molar-refractivity contribution in [2.45, 2.75) is 4.90 Å². The summed E-state index contributed by atoms with van der Waals surface area (Å²) >= 11 is 0. The third-order valence-corrected chi connectivity index (χ3v) is 5.78. The Labute approximate surface area is 161 Å². The van der Waals surface area contributed by atoms with Crippen LogP contribution in [-0.2, 0) is 10.0 Å². The van der Waals surface area contributed by atoms with Crippen molar-refractivity contribution in [2.24, 2.45) is 0 Å². The number of nitrogens with zero attached hydrogens (tertiary/aromatic N) is 1. The fourth-order valence-corrected chi connectivity index (χ4v) is 3.80. The topological polar surface area (TPSA) is 66.5 Å². The van der Waals surface area contributed by atoms with Crippen molar-refractivity contribution in [1.29, 1.82) is 0 Å². The van der Waals surface area contributed by atoms with Crippen molar-refractivity contribution >= 4 is 27.3 Å². The molecule has 8 heteroatoms. The second-order valence-corrected chi connectivity index (χ2v) is 7.92. The van der Waals surface area contributed by atoms with Crippen LogP contribution in [-0.4, -0.2) is 21.4 Å². The molecule has 0 aliphatic rings. The van der Waals surface area contributed by atoms with Gasteiger partial charge in [-0.15, -0.1) is 0 Å². The number of hydrogen-bond donors (Lipinski definition) is 1. The number of carbonyl (C=O) groups excluding carboxylic acids is 1. The molecule has 0 bridgehead atoms. The fraction of sp³-hybridized carbons (Fsp3) is 0.0500. The molecule has 3 aromatic carbocycles. The smallest absolute Gasteiger partial charge is 0.264 e. The number of carbonyl (C=O) groups is 1. The van der Waals surface area contributed by atoms with Gasteiger partial charge in [0.25, 0.3) is 15.9 Å². The minimum atomic E-state index is -3.90. The molecule has 28 heavy (non-hydrogen) atoms. The normalized spacial score (nSPS) is 11.1. The highest BCUT2D eigenvalue weighted by molar-refractivity contribution is 7.92. The lowest BCUT2D eigenvalue weighted by atomic mass is 10.2. The van der Waals surface area contributed by atoms with E-state index in [0.29, 0.717) is 11.8 Å². The second kappa shape index (κ2) is 7.77. The van der Waals surface area contributed by atoms with E-state index in [9.17, 15) is 22.0 Å². The van der Waals surface area contributed by atoms with Gasteiger partial charge in [-0.1, -0.05) is 24.3 Å². The second-order valence-electron chi connectivity index (χ2n) is 5.95. The van der Waals surface area contributed by atoms with E-state index in [2.05, 4.69) is 5.32 Å². The zero-order chi connectivity index (χ0) is 20.3. The predicted molar refractivity (Wildman–Crippen MR) is 103 cm³/mol. The number of amides is 1. The molecule has 0 spiro atoms. The molecule has 0 heterocycles. The average Bonchev–Trinajstić information content (AvgIpc) is 2.67. The number of hydrogen-bond acceptors (Lipinski definition) is 3. The summed E-state index contributed by atoms with van der Waals surface area (Å²) in [5, 5.41) is 2.35. The van der Waals surface area contributed by atoms with Gasteiger partial charge in [-0.3, -0.25) is 9.10 Å². The van der Waals surface area contributed by atoms with E-state index in [-0.39, 0.29) is 16.1 Å². The standard InChI is InChI=1S/C20H16F2N2O3S/c1-24(18-7-3-2-4-8-18)28(26,27)19-9-5-6-14(10-19)20(25)23-17-12-15(21)11-16(22)13-17/h2-13H,1H3,(H,23,25). The predicted octanol–water partition coefficient (Wildman–Crippen LogP) is 4.04.